The number of nitriles is 2. The van der Waals surface area contributed by atoms with Gasteiger partial charge in [-0.05, 0) is 6.07 Å². The lowest BCUT2D eigenvalue weighted by molar-refractivity contribution is 0.0794. The van der Waals surface area contributed by atoms with Gasteiger partial charge in [0.25, 0.3) is 5.91 Å². The van der Waals surface area contributed by atoms with Crippen LogP contribution in [-0.4, -0.2) is 28.9 Å². The number of carbonyl (C=O) groups excluding carboxylic acids is 1. The summed E-state index contributed by atoms with van der Waals surface area (Å²) in [5, 5.41) is 17.0. The topological polar surface area (TPSA) is 101 Å². The van der Waals surface area contributed by atoms with E-state index in [0.717, 1.165) is 4.90 Å². The van der Waals surface area contributed by atoms with Crippen LogP contribution in [0.15, 0.2) is 23.1 Å². The third-order valence-electron chi connectivity index (χ3n) is 1.84. The van der Waals surface area contributed by atoms with Crippen molar-refractivity contribution in [3.05, 3.63) is 34.2 Å². The van der Waals surface area contributed by atoms with Crippen molar-refractivity contribution >= 4 is 5.91 Å². The van der Waals surface area contributed by atoms with E-state index in [9.17, 15) is 9.59 Å². The van der Waals surface area contributed by atoms with Crippen LogP contribution in [0.2, 0.25) is 0 Å². The Morgan fingerprint density at radius 3 is 2.38 bits per heavy atom. The fourth-order valence-electron chi connectivity index (χ4n) is 1.10. The molecule has 16 heavy (non-hydrogen) atoms. The van der Waals surface area contributed by atoms with E-state index in [1.165, 1.54) is 18.3 Å². The average molecular weight is 216 g/mol. The van der Waals surface area contributed by atoms with Crippen LogP contribution in [0.1, 0.15) is 10.4 Å². The molecule has 0 unspecified atom stereocenters. The molecule has 80 valence electrons. The van der Waals surface area contributed by atoms with Crippen molar-refractivity contribution in [2.24, 2.45) is 0 Å². The third-order valence-corrected chi connectivity index (χ3v) is 1.84. The molecule has 0 aliphatic carbocycles. The van der Waals surface area contributed by atoms with Gasteiger partial charge >= 0.3 is 0 Å². The molecule has 0 spiro atoms. The van der Waals surface area contributed by atoms with E-state index < -0.39 is 5.91 Å². The zero-order valence-corrected chi connectivity index (χ0v) is 8.30. The van der Waals surface area contributed by atoms with Gasteiger partial charge in [-0.15, -0.1) is 0 Å². The number of nitrogens with zero attached hydrogens (tertiary/aromatic N) is 3. The predicted octanol–water partition coefficient (Wildman–Crippen LogP) is -0.136. The Hall–Kier alpha value is -2.60. The van der Waals surface area contributed by atoms with E-state index in [1.807, 2.05) is 0 Å². The van der Waals surface area contributed by atoms with Gasteiger partial charge in [0.1, 0.15) is 13.1 Å². The molecule has 1 rings (SSSR count). The highest BCUT2D eigenvalue weighted by Gasteiger charge is 2.14. The maximum absolute atomic E-state index is 11.7. The van der Waals surface area contributed by atoms with Crippen molar-refractivity contribution in [3.63, 3.8) is 0 Å². The molecule has 0 aliphatic rings. The van der Waals surface area contributed by atoms with Crippen LogP contribution >= 0.6 is 0 Å². The number of aromatic nitrogens is 1. The van der Waals surface area contributed by atoms with E-state index in [1.54, 1.807) is 12.1 Å². The van der Waals surface area contributed by atoms with Crippen LogP contribution in [0.25, 0.3) is 0 Å². The fraction of sp³-hybridized carbons (Fsp3) is 0.200. The van der Waals surface area contributed by atoms with Gasteiger partial charge in [-0.1, -0.05) is 0 Å². The van der Waals surface area contributed by atoms with Gasteiger partial charge in [0, 0.05) is 12.3 Å². The Balaban J connectivity index is 2.91. The van der Waals surface area contributed by atoms with Gasteiger partial charge in [0.15, 0.2) is 0 Å². The lowest BCUT2D eigenvalue weighted by Gasteiger charge is -2.15. The van der Waals surface area contributed by atoms with Crippen molar-refractivity contribution in [3.8, 4) is 12.1 Å². The minimum Gasteiger partial charge on any atom is -0.328 e. The summed E-state index contributed by atoms with van der Waals surface area (Å²) in [7, 11) is 0. The molecule has 0 aromatic carbocycles. The molecule has 0 radical (unpaired) electrons. The van der Waals surface area contributed by atoms with E-state index in [-0.39, 0.29) is 24.2 Å². The zero-order valence-electron chi connectivity index (χ0n) is 8.30. The monoisotopic (exact) mass is 216 g/mol. The first-order chi connectivity index (χ1) is 7.69. The van der Waals surface area contributed by atoms with E-state index in [2.05, 4.69) is 4.98 Å². The molecule has 1 aromatic rings. The number of aromatic amines is 1. The first kappa shape index (κ1) is 11.5. The SMILES string of the molecule is N#CCN(CC#N)C(=O)c1ccc(=O)[nH]c1. The predicted molar refractivity (Wildman–Crippen MR) is 54.2 cm³/mol. The minimum absolute atomic E-state index is 0.161. The molecule has 6 nitrogen and oxygen atoms in total. The molecule has 0 atom stereocenters. The first-order valence-electron chi connectivity index (χ1n) is 4.41. The Kier molecular flexibility index (Phi) is 3.82. The number of amides is 1. The number of carbonyl (C=O) groups is 1. The Labute approximate surface area is 91.3 Å². The molecule has 0 fully saturated rings. The smallest absolute Gasteiger partial charge is 0.257 e. The summed E-state index contributed by atoms with van der Waals surface area (Å²) in [5.74, 6) is -0.459. The van der Waals surface area contributed by atoms with E-state index in [4.69, 9.17) is 10.5 Å². The fourth-order valence-corrected chi connectivity index (χ4v) is 1.10. The summed E-state index contributed by atoms with van der Waals surface area (Å²) < 4.78 is 0. The molecule has 0 saturated heterocycles. The van der Waals surface area contributed by atoms with Crippen LogP contribution in [0.4, 0.5) is 0 Å². The van der Waals surface area contributed by atoms with Crippen molar-refractivity contribution in [2.45, 2.75) is 0 Å². The summed E-state index contributed by atoms with van der Waals surface area (Å²) in [6, 6.07) is 6.16. The van der Waals surface area contributed by atoms with E-state index >= 15 is 0 Å². The van der Waals surface area contributed by atoms with Crippen molar-refractivity contribution in [1.29, 1.82) is 10.5 Å². The normalized spacial score (nSPS) is 8.88. The lowest BCUT2D eigenvalue weighted by Crippen LogP contribution is -2.32. The van der Waals surface area contributed by atoms with Crippen LogP contribution in [-0.2, 0) is 0 Å². The molecule has 0 aliphatic heterocycles. The summed E-state index contributed by atoms with van der Waals surface area (Å²) >= 11 is 0. The third kappa shape index (κ3) is 2.69. The van der Waals surface area contributed by atoms with E-state index in [0.29, 0.717) is 0 Å². The molecule has 1 aromatic heterocycles. The van der Waals surface area contributed by atoms with Crippen LogP contribution < -0.4 is 5.56 Å². The quantitative estimate of drug-likeness (QED) is 0.710. The maximum Gasteiger partial charge on any atom is 0.257 e. The second-order valence-electron chi connectivity index (χ2n) is 2.92. The van der Waals surface area contributed by atoms with Crippen LogP contribution in [0.3, 0.4) is 0 Å². The highest BCUT2D eigenvalue weighted by atomic mass is 16.2. The molecule has 6 heteroatoms. The summed E-state index contributed by atoms with van der Waals surface area (Å²) in [6.45, 7) is -0.322. The second-order valence-corrected chi connectivity index (χ2v) is 2.92. The lowest BCUT2D eigenvalue weighted by atomic mass is 10.2. The van der Waals surface area contributed by atoms with Gasteiger partial charge in [-0.2, -0.15) is 10.5 Å². The standard InChI is InChI=1S/C10H8N4O2/c11-3-5-14(6-4-12)10(16)8-1-2-9(15)13-7-8/h1-2,7H,5-6H2,(H,13,15). The number of rotatable bonds is 3. The molecule has 0 saturated carbocycles. The molecule has 1 heterocycles. The van der Waals surface area contributed by atoms with Gasteiger partial charge in [0.05, 0.1) is 17.7 Å². The van der Waals surface area contributed by atoms with Crippen molar-refractivity contribution < 1.29 is 4.79 Å². The second kappa shape index (κ2) is 5.32. The van der Waals surface area contributed by atoms with Gasteiger partial charge < -0.3 is 9.88 Å². The number of nitrogens with one attached hydrogen (secondary N) is 1. The highest BCUT2D eigenvalue weighted by molar-refractivity contribution is 5.94. The van der Waals surface area contributed by atoms with Gasteiger partial charge in [0.2, 0.25) is 5.56 Å². The zero-order chi connectivity index (χ0) is 12.0. The van der Waals surface area contributed by atoms with Crippen molar-refractivity contribution in [2.75, 3.05) is 13.1 Å². The largest absolute Gasteiger partial charge is 0.328 e. The van der Waals surface area contributed by atoms with Gasteiger partial charge in [-0.3, -0.25) is 9.59 Å². The van der Waals surface area contributed by atoms with Crippen LogP contribution in [0, 0.1) is 22.7 Å². The molecular weight excluding hydrogens is 208 g/mol. The number of H-pyrrole nitrogens is 1. The average Bonchev–Trinajstić information content (AvgIpc) is 2.29. The molecule has 0 bridgehead atoms. The number of hydrogen-bond acceptors (Lipinski definition) is 4. The summed E-state index contributed by atoms with van der Waals surface area (Å²) in [4.78, 5) is 26.0. The maximum atomic E-state index is 11.7. The van der Waals surface area contributed by atoms with Crippen molar-refractivity contribution in [1.82, 2.24) is 9.88 Å². The van der Waals surface area contributed by atoms with Crippen LogP contribution in [0.5, 0.6) is 0 Å². The molecular formula is C10H8N4O2. The minimum atomic E-state index is -0.459. The first-order valence-corrected chi connectivity index (χ1v) is 4.41. The summed E-state index contributed by atoms with van der Waals surface area (Å²) in [6.07, 6.45) is 1.26. The molecule has 1 N–H and O–H groups in total. The van der Waals surface area contributed by atoms with Gasteiger partial charge in [-0.25, -0.2) is 0 Å². The number of hydrogen-bond donors (Lipinski definition) is 1. The highest BCUT2D eigenvalue weighted by Crippen LogP contribution is 2.00. The Bertz CT molecular complexity index is 484. The summed E-state index contributed by atoms with van der Waals surface area (Å²) in [5.41, 5.74) is -0.0752. The number of pyridine rings is 1. The molecule has 1 amide bonds. The Morgan fingerprint density at radius 1 is 1.31 bits per heavy atom. The Morgan fingerprint density at radius 2 is 1.94 bits per heavy atom.